The number of benzene rings is 1. The molecule has 20 heavy (non-hydrogen) atoms. The highest BCUT2D eigenvalue weighted by Crippen LogP contribution is 2.12. The first kappa shape index (κ1) is 14.0. The first-order valence-corrected chi connectivity index (χ1v) is 5.99. The average Bonchev–Trinajstić information content (AvgIpc) is 2.95. The number of nitrogens with zero attached hydrogens (tertiary/aromatic N) is 4. The lowest BCUT2D eigenvalue weighted by Crippen LogP contribution is -2.25. The molecule has 7 nitrogen and oxygen atoms in total. The molecular formula is C13H16N4O3. The van der Waals surface area contributed by atoms with E-state index in [1.807, 2.05) is 24.3 Å². The van der Waals surface area contributed by atoms with Gasteiger partial charge >= 0.3 is 0 Å². The van der Waals surface area contributed by atoms with Crippen LogP contribution >= 0.6 is 0 Å². The number of hydrogen-bond acceptors (Lipinski definition) is 5. The molecule has 7 heteroatoms. The van der Waals surface area contributed by atoms with E-state index in [9.17, 15) is 4.79 Å². The number of carbonyl (C=O) groups is 1. The number of amides is 1. The van der Waals surface area contributed by atoms with Gasteiger partial charge in [-0.15, -0.1) is 5.10 Å². The second-order valence-electron chi connectivity index (χ2n) is 4.13. The molecule has 2 aromatic rings. The third-order valence-electron chi connectivity index (χ3n) is 2.82. The Labute approximate surface area is 116 Å². The van der Waals surface area contributed by atoms with E-state index < -0.39 is 0 Å². The molecular weight excluding hydrogens is 260 g/mol. The largest absolute Gasteiger partial charge is 0.497 e. The lowest BCUT2D eigenvalue weighted by molar-refractivity contribution is -0.0760. The Bertz CT molecular complexity index is 580. The normalized spacial score (nSPS) is 10.3. The molecule has 1 amide bonds. The van der Waals surface area contributed by atoms with E-state index in [2.05, 4.69) is 10.3 Å². The Hall–Kier alpha value is -2.41. The summed E-state index contributed by atoms with van der Waals surface area (Å²) in [7, 11) is 4.56. The number of aromatic nitrogens is 3. The van der Waals surface area contributed by atoms with E-state index in [-0.39, 0.29) is 11.6 Å². The lowest BCUT2D eigenvalue weighted by Gasteiger charge is -2.10. The van der Waals surface area contributed by atoms with Crippen molar-refractivity contribution in [3.63, 3.8) is 0 Å². The van der Waals surface area contributed by atoms with E-state index in [0.717, 1.165) is 16.4 Å². The van der Waals surface area contributed by atoms with Gasteiger partial charge in [0.25, 0.3) is 5.91 Å². The summed E-state index contributed by atoms with van der Waals surface area (Å²) in [6.45, 7) is 0.529. The number of hydroxylamine groups is 2. The van der Waals surface area contributed by atoms with Crippen LogP contribution in [-0.4, -0.2) is 47.2 Å². The van der Waals surface area contributed by atoms with Crippen molar-refractivity contribution in [1.82, 2.24) is 20.1 Å². The minimum absolute atomic E-state index is 0.239. The van der Waals surface area contributed by atoms with Crippen molar-refractivity contribution in [2.45, 2.75) is 6.54 Å². The number of hydrogen-bond donors (Lipinski definition) is 0. The average molecular weight is 276 g/mol. The predicted molar refractivity (Wildman–Crippen MR) is 71.2 cm³/mol. The van der Waals surface area contributed by atoms with Crippen molar-refractivity contribution in [3.05, 3.63) is 41.7 Å². The summed E-state index contributed by atoms with van der Waals surface area (Å²) < 4.78 is 6.69. The van der Waals surface area contributed by atoms with Gasteiger partial charge in [0.1, 0.15) is 5.75 Å². The Kier molecular flexibility index (Phi) is 4.31. The molecule has 0 fully saturated rings. The van der Waals surface area contributed by atoms with Crippen LogP contribution in [0.5, 0.6) is 5.75 Å². The third kappa shape index (κ3) is 3.12. The van der Waals surface area contributed by atoms with Gasteiger partial charge in [0.15, 0.2) is 5.69 Å². The monoisotopic (exact) mass is 276 g/mol. The van der Waals surface area contributed by atoms with Crippen LogP contribution in [-0.2, 0) is 11.4 Å². The highest BCUT2D eigenvalue weighted by atomic mass is 16.7. The highest BCUT2D eigenvalue weighted by Gasteiger charge is 2.15. The first-order valence-electron chi connectivity index (χ1n) is 5.99. The van der Waals surface area contributed by atoms with E-state index in [4.69, 9.17) is 9.57 Å². The fourth-order valence-electron chi connectivity index (χ4n) is 1.64. The van der Waals surface area contributed by atoms with Crippen molar-refractivity contribution in [2.75, 3.05) is 21.3 Å². The van der Waals surface area contributed by atoms with Crippen molar-refractivity contribution in [3.8, 4) is 5.75 Å². The topological polar surface area (TPSA) is 69.5 Å². The summed E-state index contributed by atoms with van der Waals surface area (Å²) in [4.78, 5) is 16.6. The molecule has 1 heterocycles. The summed E-state index contributed by atoms with van der Waals surface area (Å²) in [5.41, 5.74) is 1.28. The van der Waals surface area contributed by atoms with E-state index in [0.29, 0.717) is 6.54 Å². The molecule has 0 N–H and O–H groups in total. The van der Waals surface area contributed by atoms with Gasteiger partial charge in [-0.3, -0.25) is 9.63 Å². The van der Waals surface area contributed by atoms with Crippen LogP contribution in [0.2, 0.25) is 0 Å². The van der Waals surface area contributed by atoms with Crippen LogP contribution in [0.3, 0.4) is 0 Å². The molecule has 0 atom stereocenters. The van der Waals surface area contributed by atoms with Gasteiger partial charge in [-0.25, -0.2) is 9.75 Å². The summed E-state index contributed by atoms with van der Waals surface area (Å²) in [6.07, 6.45) is 1.59. The maximum Gasteiger partial charge on any atom is 0.299 e. The van der Waals surface area contributed by atoms with Crippen LogP contribution in [0.25, 0.3) is 0 Å². The Morgan fingerprint density at radius 3 is 2.60 bits per heavy atom. The fraction of sp³-hybridized carbons (Fsp3) is 0.308. The fourth-order valence-corrected chi connectivity index (χ4v) is 1.64. The maximum absolute atomic E-state index is 11.8. The van der Waals surface area contributed by atoms with Gasteiger partial charge in [-0.1, -0.05) is 17.3 Å². The zero-order valence-electron chi connectivity index (χ0n) is 11.6. The molecule has 0 aliphatic rings. The van der Waals surface area contributed by atoms with Crippen molar-refractivity contribution < 1.29 is 14.4 Å². The summed E-state index contributed by atoms with van der Waals surface area (Å²) in [5, 5.41) is 8.86. The van der Waals surface area contributed by atoms with Crippen LogP contribution in [0, 0.1) is 0 Å². The second-order valence-corrected chi connectivity index (χ2v) is 4.13. The van der Waals surface area contributed by atoms with E-state index >= 15 is 0 Å². The van der Waals surface area contributed by atoms with Crippen molar-refractivity contribution >= 4 is 5.91 Å². The minimum atomic E-state index is -0.339. The predicted octanol–water partition coefficient (Wildman–Crippen LogP) is 0.968. The quantitative estimate of drug-likeness (QED) is 0.761. The van der Waals surface area contributed by atoms with Gasteiger partial charge in [-0.2, -0.15) is 0 Å². The maximum atomic E-state index is 11.8. The smallest absolute Gasteiger partial charge is 0.299 e. The van der Waals surface area contributed by atoms with Gasteiger partial charge in [0.2, 0.25) is 0 Å². The van der Waals surface area contributed by atoms with Crippen LogP contribution in [0.4, 0.5) is 0 Å². The summed E-state index contributed by atoms with van der Waals surface area (Å²) >= 11 is 0. The van der Waals surface area contributed by atoms with E-state index in [1.165, 1.54) is 14.2 Å². The molecule has 2 rings (SSSR count). The first-order chi connectivity index (χ1) is 9.63. The molecule has 1 aromatic heterocycles. The zero-order chi connectivity index (χ0) is 14.5. The van der Waals surface area contributed by atoms with Gasteiger partial charge in [-0.05, 0) is 17.7 Å². The molecule has 0 radical (unpaired) electrons. The molecule has 0 bridgehead atoms. The molecule has 0 unspecified atom stereocenters. The Morgan fingerprint density at radius 1 is 1.30 bits per heavy atom. The highest BCUT2D eigenvalue weighted by molar-refractivity contribution is 5.90. The molecule has 106 valence electrons. The molecule has 0 saturated carbocycles. The van der Waals surface area contributed by atoms with Gasteiger partial charge < -0.3 is 4.74 Å². The number of methoxy groups -OCH3 is 1. The Balaban J connectivity index is 2.07. The number of carbonyl (C=O) groups excluding carboxylic acids is 1. The zero-order valence-corrected chi connectivity index (χ0v) is 11.6. The standard InChI is InChI=1S/C13H16N4O3/c1-16(20-3)13(18)12-9-17(15-14-12)8-10-4-6-11(19-2)7-5-10/h4-7,9H,8H2,1-3H3. The van der Waals surface area contributed by atoms with Crippen LogP contribution in [0.1, 0.15) is 16.1 Å². The Morgan fingerprint density at radius 2 is 2.00 bits per heavy atom. The molecule has 0 aliphatic carbocycles. The molecule has 0 spiro atoms. The second kappa shape index (κ2) is 6.16. The van der Waals surface area contributed by atoms with E-state index in [1.54, 1.807) is 18.0 Å². The molecule has 1 aromatic carbocycles. The summed E-state index contributed by atoms with van der Waals surface area (Å²) in [5.74, 6) is 0.457. The minimum Gasteiger partial charge on any atom is -0.497 e. The van der Waals surface area contributed by atoms with Gasteiger partial charge in [0, 0.05) is 7.05 Å². The third-order valence-corrected chi connectivity index (χ3v) is 2.82. The molecule has 0 saturated heterocycles. The van der Waals surface area contributed by atoms with Crippen molar-refractivity contribution in [1.29, 1.82) is 0 Å². The van der Waals surface area contributed by atoms with Gasteiger partial charge in [0.05, 0.1) is 27.0 Å². The number of rotatable bonds is 5. The van der Waals surface area contributed by atoms with Crippen molar-refractivity contribution in [2.24, 2.45) is 0 Å². The SMILES string of the molecule is COc1ccc(Cn2cc(C(=O)N(C)OC)nn2)cc1. The van der Waals surface area contributed by atoms with Crippen LogP contribution in [0.15, 0.2) is 30.5 Å². The summed E-state index contributed by atoms with van der Waals surface area (Å²) in [6, 6.07) is 7.61. The lowest BCUT2D eigenvalue weighted by atomic mass is 10.2. The molecule has 0 aliphatic heterocycles. The van der Waals surface area contributed by atoms with Crippen LogP contribution < -0.4 is 4.74 Å². The number of ether oxygens (including phenoxy) is 1.